The first-order valence-electron chi connectivity index (χ1n) is 12.3. The Bertz CT molecular complexity index is 1170. The summed E-state index contributed by atoms with van der Waals surface area (Å²) in [7, 11) is 0. The van der Waals surface area contributed by atoms with Crippen LogP contribution in [0.2, 0.25) is 5.02 Å². The first kappa shape index (κ1) is 29.2. The van der Waals surface area contributed by atoms with Gasteiger partial charge in [-0.25, -0.2) is 4.79 Å². The Morgan fingerprint density at radius 1 is 0.974 bits per heavy atom. The van der Waals surface area contributed by atoms with Gasteiger partial charge in [-0.3, -0.25) is 0 Å². The van der Waals surface area contributed by atoms with Crippen molar-refractivity contribution < 1.29 is 19.4 Å². The van der Waals surface area contributed by atoms with Crippen molar-refractivity contribution in [2.45, 2.75) is 38.9 Å². The maximum Gasteiger partial charge on any atom is 0.410 e. The second-order valence-corrected chi connectivity index (χ2v) is 10.6. The number of para-hydroxylation sites is 1. The number of anilines is 2. The lowest BCUT2D eigenvalue weighted by Crippen LogP contribution is -2.43. The number of halogens is 1. The third-order valence-electron chi connectivity index (χ3n) is 5.25. The number of nitrogens with zero attached hydrogens (tertiary/aromatic N) is 1. The largest absolute Gasteiger partial charge is 0.491 e. The molecule has 0 spiro atoms. The SMILES string of the molecule is CC(C)(C)OC(=O)N(CCc1ccc(NC(=S)Nc2ccc(Cl)cc2)cc1)C[C@H](O)COc1ccccc1. The Kier molecular flexibility index (Phi) is 10.8. The van der Waals surface area contributed by atoms with Crippen LogP contribution in [0.5, 0.6) is 5.75 Å². The van der Waals surface area contributed by atoms with Crippen LogP contribution < -0.4 is 15.4 Å². The minimum absolute atomic E-state index is 0.0631. The van der Waals surface area contributed by atoms with E-state index in [1.807, 2.05) is 87.5 Å². The molecule has 0 aromatic heterocycles. The Morgan fingerprint density at radius 2 is 1.55 bits per heavy atom. The van der Waals surface area contributed by atoms with Crippen LogP contribution in [0.4, 0.5) is 16.2 Å². The van der Waals surface area contributed by atoms with E-state index in [0.29, 0.717) is 28.9 Å². The molecule has 3 N–H and O–H groups in total. The normalized spacial score (nSPS) is 11.8. The van der Waals surface area contributed by atoms with E-state index < -0.39 is 17.8 Å². The summed E-state index contributed by atoms with van der Waals surface area (Å²) in [4.78, 5) is 14.4. The molecule has 0 unspecified atom stereocenters. The summed E-state index contributed by atoms with van der Waals surface area (Å²) in [5, 5.41) is 17.9. The van der Waals surface area contributed by atoms with Crippen LogP contribution in [0.15, 0.2) is 78.9 Å². The number of hydrogen-bond donors (Lipinski definition) is 3. The van der Waals surface area contributed by atoms with Gasteiger partial charge in [0, 0.05) is 22.9 Å². The van der Waals surface area contributed by atoms with Gasteiger partial charge in [-0.05, 0) is 93.5 Å². The quantitative estimate of drug-likeness (QED) is 0.251. The molecule has 0 fully saturated rings. The second kappa shape index (κ2) is 14.0. The molecule has 0 aliphatic rings. The molecule has 0 aliphatic heterocycles. The smallest absolute Gasteiger partial charge is 0.410 e. The maximum absolute atomic E-state index is 12.8. The Morgan fingerprint density at radius 3 is 2.13 bits per heavy atom. The number of thiocarbonyl (C=S) groups is 1. The second-order valence-electron chi connectivity index (χ2n) is 9.74. The van der Waals surface area contributed by atoms with Gasteiger partial charge in [0.05, 0.1) is 6.54 Å². The monoisotopic (exact) mass is 555 g/mol. The molecule has 7 nitrogen and oxygen atoms in total. The molecule has 202 valence electrons. The zero-order valence-electron chi connectivity index (χ0n) is 21.8. The average molecular weight is 556 g/mol. The minimum Gasteiger partial charge on any atom is -0.491 e. The van der Waals surface area contributed by atoms with Gasteiger partial charge in [0.25, 0.3) is 0 Å². The van der Waals surface area contributed by atoms with Crippen LogP contribution in [-0.4, -0.2) is 52.6 Å². The molecule has 3 aromatic carbocycles. The van der Waals surface area contributed by atoms with Gasteiger partial charge >= 0.3 is 6.09 Å². The number of hydrogen-bond acceptors (Lipinski definition) is 5. The molecule has 3 aromatic rings. The number of carbonyl (C=O) groups is 1. The number of carbonyl (C=O) groups excluding carboxylic acids is 1. The number of ether oxygens (including phenoxy) is 2. The zero-order chi connectivity index (χ0) is 27.5. The van der Waals surface area contributed by atoms with E-state index in [1.165, 1.54) is 4.90 Å². The number of benzene rings is 3. The highest BCUT2D eigenvalue weighted by Gasteiger charge is 2.24. The Balaban J connectivity index is 1.54. The summed E-state index contributed by atoms with van der Waals surface area (Å²) >= 11 is 11.3. The molecule has 0 bridgehead atoms. The molecular weight excluding hydrogens is 522 g/mol. The Hall–Kier alpha value is -3.33. The van der Waals surface area contributed by atoms with Gasteiger partial charge < -0.3 is 30.1 Å². The van der Waals surface area contributed by atoms with Crippen molar-refractivity contribution in [3.05, 3.63) is 89.4 Å². The standard InChI is InChI=1S/C29H34ClN3O4S/c1-29(2,3)37-28(35)33(19-25(34)20-36-26-7-5-4-6-8-26)18-17-21-9-13-23(14-10-21)31-27(38)32-24-15-11-22(30)12-16-24/h4-16,25,34H,17-20H2,1-3H3,(H2,31,32,38)/t25-/m0/s1. The summed E-state index contributed by atoms with van der Waals surface area (Å²) < 4.78 is 11.2. The third-order valence-corrected chi connectivity index (χ3v) is 5.71. The maximum atomic E-state index is 12.8. The van der Waals surface area contributed by atoms with Crippen LogP contribution in [0, 0.1) is 0 Å². The highest BCUT2D eigenvalue weighted by molar-refractivity contribution is 7.80. The lowest BCUT2D eigenvalue weighted by atomic mass is 10.1. The van der Waals surface area contributed by atoms with Crippen LogP contribution in [0.3, 0.4) is 0 Å². The highest BCUT2D eigenvalue weighted by Crippen LogP contribution is 2.16. The molecule has 9 heteroatoms. The van der Waals surface area contributed by atoms with Gasteiger partial charge in [-0.15, -0.1) is 0 Å². The summed E-state index contributed by atoms with van der Waals surface area (Å²) in [6.45, 7) is 5.97. The number of nitrogens with one attached hydrogen (secondary N) is 2. The minimum atomic E-state index is -0.872. The van der Waals surface area contributed by atoms with Crippen LogP contribution in [0.25, 0.3) is 0 Å². The van der Waals surface area contributed by atoms with Crippen molar-refractivity contribution >= 4 is 46.4 Å². The first-order valence-corrected chi connectivity index (χ1v) is 13.1. The lowest BCUT2D eigenvalue weighted by Gasteiger charge is -2.29. The van der Waals surface area contributed by atoms with Crippen molar-refractivity contribution in [3.8, 4) is 5.75 Å². The van der Waals surface area contributed by atoms with Crippen LogP contribution in [0.1, 0.15) is 26.3 Å². The van der Waals surface area contributed by atoms with E-state index >= 15 is 0 Å². The molecule has 38 heavy (non-hydrogen) atoms. The summed E-state index contributed by atoms with van der Waals surface area (Å²) in [5.41, 5.74) is 2.04. The molecule has 1 atom stereocenters. The molecule has 0 saturated carbocycles. The Labute approximate surface area is 234 Å². The highest BCUT2D eigenvalue weighted by atomic mass is 35.5. The van der Waals surface area contributed by atoms with Crippen LogP contribution >= 0.6 is 23.8 Å². The molecule has 0 heterocycles. The topological polar surface area (TPSA) is 83.1 Å². The predicted molar refractivity (Wildman–Crippen MR) is 157 cm³/mol. The lowest BCUT2D eigenvalue weighted by molar-refractivity contribution is 0.00945. The number of rotatable bonds is 10. The molecule has 0 aliphatic carbocycles. The summed E-state index contributed by atoms with van der Waals surface area (Å²) in [6, 6.07) is 24.3. The van der Waals surface area contributed by atoms with Crippen molar-refractivity contribution in [2.24, 2.45) is 0 Å². The van der Waals surface area contributed by atoms with Gasteiger partial charge in [-0.2, -0.15) is 0 Å². The molecule has 0 radical (unpaired) electrons. The van der Waals surface area contributed by atoms with Gasteiger partial charge in [0.15, 0.2) is 5.11 Å². The fraction of sp³-hybridized carbons (Fsp3) is 0.310. The number of aliphatic hydroxyl groups is 1. The van der Waals surface area contributed by atoms with E-state index in [-0.39, 0.29) is 13.2 Å². The number of aliphatic hydroxyl groups excluding tert-OH is 1. The summed E-state index contributed by atoms with van der Waals surface area (Å²) in [5.74, 6) is 0.659. The average Bonchev–Trinajstić information content (AvgIpc) is 2.87. The van der Waals surface area contributed by atoms with E-state index in [4.69, 9.17) is 33.3 Å². The molecular formula is C29H34ClN3O4S. The molecule has 1 amide bonds. The fourth-order valence-electron chi connectivity index (χ4n) is 3.45. The molecule has 0 saturated heterocycles. The first-order chi connectivity index (χ1) is 18.1. The van der Waals surface area contributed by atoms with Crippen molar-refractivity contribution in [3.63, 3.8) is 0 Å². The molecule has 3 rings (SSSR count). The van der Waals surface area contributed by atoms with Crippen LogP contribution in [-0.2, 0) is 11.2 Å². The van der Waals surface area contributed by atoms with Crippen molar-refractivity contribution in [1.29, 1.82) is 0 Å². The van der Waals surface area contributed by atoms with Gasteiger partial charge in [0.1, 0.15) is 24.1 Å². The zero-order valence-corrected chi connectivity index (χ0v) is 23.4. The third kappa shape index (κ3) is 10.6. The van der Waals surface area contributed by atoms with E-state index in [1.54, 1.807) is 12.1 Å². The van der Waals surface area contributed by atoms with Gasteiger partial charge in [-0.1, -0.05) is 41.9 Å². The van der Waals surface area contributed by atoms with E-state index in [0.717, 1.165) is 16.9 Å². The fourth-order valence-corrected chi connectivity index (χ4v) is 3.81. The number of amides is 1. The predicted octanol–water partition coefficient (Wildman–Crippen LogP) is 6.37. The van der Waals surface area contributed by atoms with Crippen molar-refractivity contribution in [1.82, 2.24) is 4.90 Å². The van der Waals surface area contributed by atoms with Crippen molar-refractivity contribution in [2.75, 3.05) is 30.3 Å². The van der Waals surface area contributed by atoms with E-state index in [2.05, 4.69) is 10.6 Å². The van der Waals surface area contributed by atoms with Gasteiger partial charge in [0.2, 0.25) is 0 Å². The summed E-state index contributed by atoms with van der Waals surface area (Å²) in [6.07, 6.45) is -0.768. The van der Waals surface area contributed by atoms with E-state index in [9.17, 15) is 9.90 Å².